The first-order chi connectivity index (χ1) is 8.59. The van der Waals surface area contributed by atoms with Crippen molar-refractivity contribution in [1.29, 1.82) is 0 Å². The number of carbonyl (C=O) groups excluding carboxylic acids is 1. The molecule has 18 heavy (non-hydrogen) atoms. The van der Waals surface area contributed by atoms with Gasteiger partial charge in [-0.25, -0.2) is 0 Å². The number of hydrogen-bond acceptors (Lipinski definition) is 2. The van der Waals surface area contributed by atoms with Crippen LogP contribution in [0.25, 0.3) is 0 Å². The summed E-state index contributed by atoms with van der Waals surface area (Å²) in [6.45, 7) is 9.57. The summed E-state index contributed by atoms with van der Waals surface area (Å²) in [6, 6.07) is 0.426. The molecule has 0 aromatic rings. The Morgan fingerprint density at radius 2 is 2.22 bits per heavy atom. The third-order valence-electron chi connectivity index (χ3n) is 4.83. The van der Waals surface area contributed by atoms with Gasteiger partial charge < -0.3 is 10.2 Å². The molecule has 0 spiro atoms. The van der Waals surface area contributed by atoms with Gasteiger partial charge in [0.25, 0.3) is 0 Å². The maximum Gasteiger partial charge on any atom is 0.230 e. The lowest BCUT2D eigenvalue weighted by Crippen LogP contribution is -2.51. The quantitative estimate of drug-likeness (QED) is 0.836. The maximum atomic E-state index is 12.9. The third kappa shape index (κ3) is 2.56. The zero-order chi connectivity index (χ0) is 13.2. The van der Waals surface area contributed by atoms with Crippen LogP contribution in [-0.2, 0) is 4.79 Å². The van der Waals surface area contributed by atoms with Crippen LogP contribution in [0.3, 0.4) is 0 Å². The molecule has 104 valence electrons. The number of nitrogens with one attached hydrogen (secondary N) is 1. The fraction of sp³-hybridized carbons (Fsp3) is 0.933. The summed E-state index contributed by atoms with van der Waals surface area (Å²) in [7, 11) is 0. The largest absolute Gasteiger partial charge is 0.339 e. The lowest BCUT2D eigenvalue weighted by atomic mass is 9.79. The third-order valence-corrected chi connectivity index (χ3v) is 4.83. The number of carbonyl (C=O) groups is 1. The Balaban J connectivity index is 2.09. The highest BCUT2D eigenvalue weighted by Gasteiger charge is 2.44. The molecule has 3 unspecified atom stereocenters. The van der Waals surface area contributed by atoms with Gasteiger partial charge in [-0.1, -0.05) is 20.3 Å². The molecule has 2 fully saturated rings. The second kappa shape index (κ2) is 5.60. The smallest absolute Gasteiger partial charge is 0.230 e. The monoisotopic (exact) mass is 252 g/mol. The highest BCUT2D eigenvalue weighted by Crippen LogP contribution is 2.36. The lowest BCUT2D eigenvalue weighted by molar-refractivity contribution is -0.145. The second-order valence-corrected chi connectivity index (χ2v) is 6.43. The molecule has 3 atom stereocenters. The van der Waals surface area contributed by atoms with E-state index in [4.69, 9.17) is 0 Å². The van der Waals surface area contributed by atoms with E-state index in [9.17, 15) is 4.79 Å². The van der Waals surface area contributed by atoms with Gasteiger partial charge in [0, 0.05) is 19.1 Å². The molecule has 0 bridgehead atoms. The molecule has 0 aliphatic carbocycles. The molecular formula is C15H28N2O. The molecule has 2 heterocycles. The summed E-state index contributed by atoms with van der Waals surface area (Å²) in [4.78, 5) is 15.1. The SMILES string of the molecule is CCCC1(C(=O)N2CCC(C)CC2C)CCNC1. The van der Waals surface area contributed by atoms with Gasteiger partial charge in [-0.2, -0.15) is 0 Å². The van der Waals surface area contributed by atoms with Gasteiger partial charge in [0.15, 0.2) is 0 Å². The minimum absolute atomic E-state index is 0.0937. The van der Waals surface area contributed by atoms with Gasteiger partial charge in [0.05, 0.1) is 5.41 Å². The van der Waals surface area contributed by atoms with Crippen molar-refractivity contribution in [3.63, 3.8) is 0 Å². The zero-order valence-electron chi connectivity index (χ0n) is 12.2. The number of hydrogen-bond donors (Lipinski definition) is 1. The molecule has 3 heteroatoms. The molecule has 0 aromatic carbocycles. The van der Waals surface area contributed by atoms with Crippen molar-refractivity contribution in [1.82, 2.24) is 10.2 Å². The summed E-state index contributed by atoms with van der Waals surface area (Å²) in [5.74, 6) is 1.20. The van der Waals surface area contributed by atoms with Crippen molar-refractivity contribution >= 4 is 5.91 Å². The molecule has 2 rings (SSSR count). The molecule has 2 aliphatic heterocycles. The molecule has 3 nitrogen and oxygen atoms in total. The minimum atomic E-state index is -0.0937. The van der Waals surface area contributed by atoms with Gasteiger partial charge in [0.1, 0.15) is 0 Å². The first kappa shape index (κ1) is 13.9. The van der Waals surface area contributed by atoms with E-state index in [2.05, 4.69) is 31.0 Å². The maximum absolute atomic E-state index is 12.9. The van der Waals surface area contributed by atoms with Crippen molar-refractivity contribution < 1.29 is 4.79 Å². The number of nitrogens with zero attached hydrogens (tertiary/aromatic N) is 1. The van der Waals surface area contributed by atoms with Crippen molar-refractivity contribution in [2.24, 2.45) is 11.3 Å². The Bertz CT molecular complexity index is 297. The van der Waals surface area contributed by atoms with Gasteiger partial charge in [-0.05, 0) is 45.1 Å². The molecule has 0 radical (unpaired) electrons. The van der Waals surface area contributed by atoms with Gasteiger partial charge in [-0.3, -0.25) is 4.79 Å². The highest BCUT2D eigenvalue weighted by atomic mass is 16.2. The van der Waals surface area contributed by atoms with E-state index >= 15 is 0 Å². The number of rotatable bonds is 3. The second-order valence-electron chi connectivity index (χ2n) is 6.43. The Morgan fingerprint density at radius 1 is 1.44 bits per heavy atom. The normalized spacial score (nSPS) is 36.9. The van der Waals surface area contributed by atoms with Gasteiger partial charge in [0.2, 0.25) is 5.91 Å². The molecule has 2 saturated heterocycles. The van der Waals surface area contributed by atoms with Crippen LogP contribution in [0.5, 0.6) is 0 Å². The Labute approximate surface area is 111 Å². The van der Waals surface area contributed by atoms with E-state index < -0.39 is 0 Å². The number of likely N-dealkylation sites (tertiary alicyclic amines) is 1. The predicted octanol–water partition coefficient (Wildman–Crippen LogP) is 2.41. The Hall–Kier alpha value is -0.570. The first-order valence-corrected chi connectivity index (χ1v) is 7.61. The molecule has 2 aliphatic rings. The fourth-order valence-electron chi connectivity index (χ4n) is 3.74. The number of amides is 1. The summed E-state index contributed by atoms with van der Waals surface area (Å²) < 4.78 is 0. The van der Waals surface area contributed by atoms with E-state index in [-0.39, 0.29) is 5.41 Å². The summed E-state index contributed by atoms with van der Waals surface area (Å²) in [5, 5.41) is 3.39. The van der Waals surface area contributed by atoms with E-state index in [1.165, 1.54) is 12.8 Å². The Morgan fingerprint density at radius 3 is 2.78 bits per heavy atom. The topological polar surface area (TPSA) is 32.3 Å². The van der Waals surface area contributed by atoms with Crippen LogP contribution in [0.4, 0.5) is 0 Å². The van der Waals surface area contributed by atoms with E-state index in [1.807, 2.05) is 0 Å². The average molecular weight is 252 g/mol. The standard InChI is InChI=1S/C15H28N2O/c1-4-6-15(7-8-16-11-15)14(18)17-9-5-12(2)10-13(17)3/h12-13,16H,4-11H2,1-3H3. The fourth-order valence-corrected chi connectivity index (χ4v) is 3.74. The molecule has 1 N–H and O–H groups in total. The van der Waals surface area contributed by atoms with Gasteiger partial charge in [-0.15, -0.1) is 0 Å². The van der Waals surface area contributed by atoms with Crippen LogP contribution in [0, 0.1) is 11.3 Å². The highest BCUT2D eigenvalue weighted by molar-refractivity contribution is 5.83. The van der Waals surface area contributed by atoms with Crippen molar-refractivity contribution in [3.05, 3.63) is 0 Å². The van der Waals surface area contributed by atoms with Crippen LogP contribution in [0.2, 0.25) is 0 Å². The summed E-state index contributed by atoms with van der Waals surface area (Å²) in [5.41, 5.74) is -0.0937. The van der Waals surface area contributed by atoms with E-state index in [0.717, 1.165) is 44.8 Å². The van der Waals surface area contributed by atoms with E-state index in [0.29, 0.717) is 11.9 Å². The Kier molecular flexibility index (Phi) is 4.31. The van der Waals surface area contributed by atoms with Crippen LogP contribution < -0.4 is 5.32 Å². The van der Waals surface area contributed by atoms with Crippen LogP contribution >= 0.6 is 0 Å². The van der Waals surface area contributed by atoms with Crippen LogP contribution in [0.1, 0.15) is 52.9 Å². The average Bonchev–Trinajstić information content (AvgIpc) is 2.78. The minimum Gasteiger partial charge on any atom is -0.339 e. The number of piperidine rings is 1. The van der Waals surface area contributed by atoms with Crippen molar-refractivity contribution in [2.75, 3.05) is 19.6 Å². The lowest BCUT2D eigenvalue weighted by Gasteiger charge is -2.41. The molecule has 0 aromatic heterocycles. The van der Waals surface area contributed by atoms with Gasteiger partial charge >= 0.3 is 0 Å². The zero-order valence-corrected chi connectivity index (χ0v) is 12.2. The van der Waals surface area contributed by atoms with Crippen LogP contribution in [-0.4, -0.2) is 36.5 Å². The van der Waals surface area contributed by atoms with E-state index in [1.54, 1.807) is 0 Å². The molecular weight excluding hydrogens is 224 g/mol. The van der Waals surface area contributed by atoms with Crippen molar-refractivity contribution in [2.45, 2.75) is 58.9 Å². The van der Waals surface area contributed by atoms with Crippen LogP contribution in [0.15, 0.2) is 0 Å². The first-order valence-electron chi connectivity index (χ1n) is 7.61. The predicted molar refractivity (Wildman–Crippen MR) is 74.4 cm³/mol. The summed E-state index contributed by atoms with van der Waals surface area (Å²) in [6.07, 6.45) is 5.51. The summed E-state index contributed by atoms with van der Waals surface area (Å²) >= 11 is 0. The molecule has 0 saturated carbocycles. The molecule has 1 amide bonds. The van der Waals surface area contributed by atoms with Crippen molar-refractivity contribution in [3.8, 4) is 0 Å².